The maximum Gasteiger partial charge on any atom is 0.220 e. The van der Waals surface area contributed by atoms with Crippen LogP contribution in [0.25, 0.3) is 0 Å². The third kappa shape index (κ3) is 5.94. The first-order valence-corrected chi connectivity index (χ1v) is 4.93. The van der Waals surface area contributed by atoms with E-state index in [-0.39, 0.29) is 24.5 Å². The molecule has 0 saturated heterocycles. The molecule has 0 radical (unpaired) electrons. The Morgan fingerprint density at radius 2 is 2.00 bits per heavy atom. The lowest BCUT2D eigenvalue weighted by Gasteiger charge is -2.25. The van der Waals surface area contributed by atoms with Crippen LogP contribution >= 0.6 is 0 Å². The van der Waals surface area contributed by atoms with E-state index in [1.165, 1.54) is 0 Å². The Hall–Kier alpha value is -0.610. The highest BCUT2D eigenvalue weighted by Gasteiger charge is 2.22. The third-order valence-electron chi connectivity index (χ3n) is 2.08. The molecule has 0 rings (SSSR count). The lowest BCUT2D eigenvalue weighted by Crippen LogP contribution is -2.30. The van der Waals surface area contributed by atoms with Gasteiger partial charge in [-0.3, -0.25) is 4.79 Å². The van der Waals surface area contributed by atoms with Crippen LogP contribution < -0.4 is 5.32 Å². The molecule has 0 aliphatic heterocycles. The van der Waals surface area contributed by atoms with E-state index in [0.717, 1.165) is 0 Å². The molecule has 0 spiro atoms. The summed E-state index contributed by atoms with van der Waals surface area (Å²) in [5, 5.41) is 20.6. The molecule has 4 nitrogen and oxygen atoms in total. The van der Waals surface area contributed by atoms with Gasteiger partial charge in [0.15, 0.2) is 0 Å². The fourth-order valence-corrected chi connectivity index (χ4v) is 0.985. The van der Waals surface area contributed by atoms with Crippen molar-refractivity contribution in [3.63, 3.8) is 0 Å². The van der Waals surface area contributed by atoms with E-state index in [2.05, 4.69) is 5.32 Å². The van der Waals surface area contributed by atoms with Gasteiger partial charge in [-0.25, -0.2) is 0 Å². The minimum atomic E-state index is -0.470. The van der Waals surface area contributed by atoms with Gasteiger partial charge in [-0.1, -0.05) is 20.8 Å². The first-order valence-electron chi connectivity index (χ1n) is 4.93. The fourth-order valence-electron chi connectivity index (χ4n) is 0.985. The lowest BCUT2D eigenvalue weighted by atomic mass is 9.86. The second kappa shape index (κ2) is 5.98. The summed E-state index contributed by atoms with van der Waals surface area (Å²) in [7, 11) is 0. The first-order chi connectivity index (χ1) is 6.38. The largest absolute Gasteiger partial charge is 0.395 e. The molecule has 0 bridgehead atoms. The van der Waals surface area contributed by atoms with Crippen molar-refractivity contribution < 1.29 is 15.0 Å². The number of carbonyl (C=O) groups is 1. The molecule has 84 valence electrons. The molecular formula is C10H21NO3. The van der Waals surface area contributed by atoms with Gasteiger partial charge in [0.25, 0.3) is 0 Å². The molecule has 0 saturated carbocycles. The van der Waals surface area contributed by atoms with E-state index in [1.54, 1.807) is 0 Å². The average Bonchev–Trinajstić information content (AvgIpc) is 2.09. The van der Waals surface area contributed by atoms with E-state index < -0.39 is 6.10 Å². The van der Waals surface area contributed by atoms with E-state index in [0.29, 0.717) is 12.8 Å². The van der Waals surface area contributed by atoms with E-state index in [4.69, 9.17) is 5.11 Å². The van der Waals surface area contributed by atoms with Crippen LogP contribution in [0.15, 0.2) is 0 Å². The van der Waals surface area contributed by atoms with Crippen LogP contribution in [-0.2, 0) is 4.79 Å². The van der Waals surface area contributed by atoms with Gasteiger partial charge in [-0.05, 0) is 11.8 Å². The molecule has 1 amide bonds. The summed E-state index contributed by atoms with van der Waals surface area (Å²) in [5.74, 6) is -0.123. The van der Waals surface area contributed by atoms with Crippen LogP contribution in [-0.4, -0.2) is 35.4 Å². The number of amides is 1. The number of hydrogen-bond acceptors (Lipinski definition) is 3. The number of aliphatic hydroxyl groups excluding tert-OH is 2. The normalized spacial score (nSPS) is 13.8. The van der Waals surface area contributed by atoms with Crippen molar-refractivity contribution in [2.24, 2.45) is 5.41 Å². The summed E-state index contributed by atoms with van der Waals surface area (Å²) in [5.41, 5.74) is -0.183. The molecule has 0 heterocycles. The highest BCUT2D eigenvalue weighted by Crippen LogP contribution is 2.22. The van der Waals surface area contributed by atoms with Crippen molar-refractivity contribution >= 4 is 5.91 Å². The predicted molar refractivity (Wildman–Crippen MR) is 54.8 cm³/mol. The molecular weight excluding hydrogens is 182 g/mol. The van der Waals surface area contributed by atoms with Gasteiger partial charge in [0.05, 0.1) is 12.7 Å². The molecule has 0 aliphatic carbocycles. The highest BCUT2D eigenvalue weighted by atomic mass is 16.3. The quantitative estimate of drug-likeness (QED) is 0.601. The Balaban J connectivity index is 3.67. The summed E-state index contributed by atoms with van der Waals surface area (Å²) in [4.78, 5) is 11.1. The highest BCUT2D eigenvalue weighted by molar-refractivity contribution is 5.75. The van der Waals surface area contributed by atoms with Crippen LogP contribution in [0.5, 0.6) is 0 Å². The molecule has 1 unspecified atom stereocenters. The Bertz CT molecular complexity index is 175. The maximum atomic E-state index is 11.1. The molecule has 0 aromatic heterocycles. The molecule has 0 aromatic carbocycles. The molecule has 0 aromatic rings. The molecule has 4 heteroatoms. The summed E-state index contributed by atoms with van der Waals surface area (Å²) in [6.45, 7) is 6.04. The fraction of sp³-hybridized carbons (Fsp3) is 0.900. The zero-order valence-electron chi connectivity index (χ0n) is 9.21. The summed E-state index contributed by atoms with van der Waals surface area (Å²) >= 11 is 0. The number of rotatable bonds is 5. The second-order valence-electron chi connectivity index (χ2n) is 4.49. The monoisotopic (exact) mass is 203 g/mol. The van der Waals surface area contributed by atoms with Crippen LogP contribution in [0, 0.1) is 5.41 Å². The third-order valence-corrected chi connectivity index (χ3v) is 2.08. The van der Waals surface area contributed by atoms with Crippen molar-refractivity contribution in [3.05, 3.63) is 0 Å². The Morgan fingerprint density at radius 3 is 2.43 bits per heavy atom. The van der Waals surface area contributed by atoms with Crippen LogP contribution in [0.4, 0.5) is 0 Å². The molecule has 14 heavy (non-hydrogen) atoms. The van der Waals surface area contributed by atoms with Gasteiger partial charge in [0.2, 0.25) is 5.91 Å². The minimum Gasteiger partial charge on any atom is -0.395 e. The SMILES string of the molecule is CC(C)(C)C(O)CCC(=O)NCCO. The topological polar surface area (TPSA) is 69.6 Å². The zero-order chi connectivity index (χ0) is 11.2. The molecule has 0 aliphatic rings. The van der Waals surface area contributed by atoms with Gasteiger partial charge in [0.1, 0.15) is 0 Å². The van der Waals surface area contributed by atoms with Gasteiger partial charge >= 0.3 is 0 Å². The van der Waals surface area contributed by atoms with Gasteiger partial charge in [0, 0.05) is 13.0 Å². The second-order valence-corrected chi connectivity index (χ2v) is 4.49. The van der Waals surface area contributed by atoms with Crippen LogP contribution in [0.1, 0.15) is 33.6 Å². The van der Waals surface area contributed by atoms with Crippen LogP contribution in [0.2, 0.25) is 0 Å². The van der Waals surface area contributed by atoms with Crippen molar-refractivity contribution in [2.75, 3.05) is 13.2 Å². The minimum absolute atomic E-state index is 0.0481. The van der Waals surface area contributed by atoms with Crippen molar-refractivity contribution in [1.29, 1.82) is 0 Å². The maximum absolute atomic E-state index is 11.1. The summed E-state index contributed by atoms with van der Waals surface area (Å²) in [6, 6.07) is 0. The summed E-state index contributed by atoms with van der Waals surface area (Å²) < 4.78 is 0. The van der Waals surface area contributed by atoms with Gasteiger partial charge in [-0.15, -0.1) is 0 Å². The summed E-state index contributed by atoms with van der Waals surface area (Å²) in [6.07, 6.45) is 0.293. The van der Waals surface area contributed by atoms with Crippen molar-refractivity contribution in [3.8, 4) is 0 Å². The van der Waals surface area contributed by atoms with Gasteiger partial charge in [-0.2, -0.15) is 0 Å². The Kier molecular flexibility index (Phi) is 5.72. The number of aliphatic hydroxyl groups is 2. The molecule has 0 fully saturated rings. The number of nitrogens with one attached hydrogen (secondary N) is 1. The lowest BCUT2D eigenvalue weighted by molar-refractivity contribution is -0.122. The van der Waals surface area contributed by atoms with E-state index in [1.807, 2.05) is 20.8 Å². The van der Waals surface area contributed by atoms with E-state index in [9.17, 15) is 9.90 Å². The van der Waals surface area contributed by atoms with Crippen LogP contribution in [0.3, 0.4) is 0 Å². The average molecular weight is 203 g/mol. The standard InChI is InChI=1S/C10H21NO3/c1-10(2,3)8(13)4-5-9(14)11-6-7-12/h8,12-13H,4-7H2,1-3H3,(H,11,14). The Morgan fingerprint density at radius 1 is 1.43 bits per heavy atom. The van der Waals surface area contributed by atoms with Gasteiger partial charge < -0.3 is 15.5 Å². The molecule has 3 N–H and O–H groups in total. The smallest absolute Gasteiger partial charge is 0.220 e. The van der Waals surface area contributed by atoms with E-state index >= 15 is 0 Å². The van der Waals surface area contributed by atoms with Crippen molar-refractivity contribution in [1.82, 2.24) is 5.32 Å². The first kappa shape index (κ1) is 13.4. The molecule has 1 atom stereocenters. The number of hydrogen-bond donors (Lipinski definition) is 3. The Labute approximate surface area is 85.3 Å². The predicted octanol–water partition coefficient (Wildman–Crippen LogP) is 0.282. The zero-order valence-corrected chi connectivity index (χ0v) is 9.21. The van der Waals surface area contributed by atoms with Crippen molar-refractivity contribution in [2.45, 2.75) is 39.7 Å². The number of carbonyl (C=O) groups excluding carboxylic acids is 1.